The Morgan fingerprint density at radius 3 is 1.97 bits per heavy atom. The zero-order valence-electron chi connectivity index (χ0n) is 33.3. The second-order valence-electron chi connectivity index (χ2n) is 16.7. The van der Waals surface area contributed by atoms with Gasteiger partial charge < -0.3 is 4.42 Å². The zero-order valence-corrected chi connectivity index (χ0v) is 33.3. The molecule has 0 spiro atoms. The van der Waals surface area contributed by atoms with E-state index < -0.39 is 0 Å². The average Bonchev–Trinajstić information content (AvgIpc) is 3.80. The molecule has 0 saturated carbocycles. The van der Waals surface area contributed by atoms with Crippen LogP contribution in [0.25, 0.3) is 83.9 Å². The van der Waals surface area contributed by atoms with E-state index in [2.05, 4.69) is 184 Å². The molecule has 2 heterocycles. The lowest BCUT2D eigenvalue weighted by molar-refractivity contribution is 0.618. The first kappa shape index (κ1) is 34.6. The lowest BCUT2D eigenvalue weighted by Gasteiger charge is -2.33. The summed E-state index contributed by atoms with van der Waals surface area (Å²) in [6.45, 7) is 4.61. The molecule has 4 aliphatic carbocycles. The second-order valence-corrected chi connectivity index (χ2v) is 16.7. The third-order valence-electron chi connectivity index (χ3n) is 12.9. The summed E-state index contributed by atoms with van der Waals surface area (Å²) in [5, 5.41) is 2.22. The number of hydrogen-bond acceptors (Lipinski definition) is 4. The molecule has 0 N–H and O–H groups in total. The van der Waals surface area contributed by atoms with Crippen molar-refractivity contribution in [3.63, 3.8) is 0 Å². The number of nitrogens with zero attached hydrogens (tertiary/aromatic N) is 3. The van der Waals surface area contributed by atoms with Gasteiger partial charge in [0.1, 0.15) is 11.2 Å². The van der Waals surface area contributed by atoms with Crippen LogP contribution < -0.4 is 0 Å². The minimum atomic E-state index is -0.0747. The monoisotopic (exact) mass is 769 g/mol. The maximum absolute atomic E-state index is 6.51. The molecule has 0 bridgehead atoms. The molecular weight excluding hydrogens is 731 g/mol. The van der Waals surface area contributed by atoms with Crippen molar-refractivity contribution in [2.45, 2.75) is 19.3 Å². The summed E-state index contributed by atoms with van der Waals surface area (Å²) in [7, 11) is 0. The molecule has 2 atom stereocenters. The predicted molar refractivity (Wildman–Crippen MR) is 245 cm³/mol. The number of benzene rings is 6. The van der Waals surface area contributed by atoms with Gasteiger partial charge in [-0.2, -0.15) is 0 Å². The van der Waals surface area contributed by atoms with Crippen LogP contribution in [0, 0.1) is 11.8 Å². The maximum atomic E-state index is 6.51. The first-order valence-corrected chi connectivity index (χ1v) is 20.8. The lowest BCUT2D eigenvalue weighted by atomic mass is 9.70. The molecule has 284 valence electrons. The highest BCUT2D eigenvalue weighted by molar-refractivity contribution is 6.13. The highest BCUT2D eigenvalue weighted by atomic mass is 16.3. The first-order chi connectivity index (χ1) is 29.5. The van der Waals surface area contributed by atoms with Crippen molar-refractivity contribution in [2.75, 3.05) is 0 Å². The minimum Gasteiger partial charge on any atom is -0.456 e. The summed E-state index contributed by atoms with van der Waals surface area (Å²) in [6, 6.07) is 47.2. The Morgan fingerprint density at radius 1 is 0.483 bits per heavy atom. The molecule has 0 fully saturated rings. The maximum Gasteiger partial charge on any atom is 0.164 e. The van der Waals surface area contributed by atoms with E-state index in [1.165, 1.54) is 44.5 Å². The average molecular weight is 770 g/mol. The number of hydrogen-bond donors (Lipinski definition) is 0. The fourth-order valence-electron chi connectivity index (χ4n) is 9.93. The second kappa shape index (κ2) is 13.3. The van der Waals surface area contributed by atoms with Gasteiger partial charge in [0.15, 0.2) is 17.5 Å². The van der Waals surface area contributed by atoms with Crippen molar-refractivity contribution in [3.05, 3.63) is 216 Å². The summed E-state index contributed by atoms with van der Waals surface area (Å²) < 4.78 is 6.51. The largest absolute Gasteiger partial charge is 0.456 e. The first-order valence-electron chi connectivity index (χ1n) is 20.8. The van der Waals surface area contributed by atoms with Gasteiger partial charge in [-0.1, -0.05) is 178 Å². The molecule has 4 heteroatoms. The normalized spacial score (nSPS) is 18.1. The third-order valence-corrected chi connectivity index (χ3v) is 12.9. The van der Waals surface area contributed by atoms with Crippen molar-refractivity contribution >= 4 is 27.5 Å². The lowest BCUT2D eigenvalue weighted by Crippen LogP contribution is -2.21. The molecule has 8 aromatic rings. The minimum absolute atomic E-state index is 0.0747. The Morgan fingerprint density at radius 2 is 1.13 bits per heavy atom. The number of aromatic nitrogens is 3. The van der Waals surface area contributed by atoms with E-state index in [9.17, 15) is 0 Å². The van der Waals surface area contributed by atoms with Crippen LogP contribution in [0.4, 0.5) is 0 Å². The Balaban J connectivity index is 0.948. The summed E-state index contributed by atoms with van der Waals surface area (Å²) in [4.78, 5) is 15.3. The fraction of sp³-hybridized carbons (Fsp3) is 0.0893. The van der Waals surface area contributed by atoms with E-state index in [1.807, 2.05) is 18.2 Å². The van der Waals surface area contributed by atoms with Gasteiger partial charge in [-0.05, 0) is 79.9 Å². The molecule has 6 aromatic carbocycles. The molecule has 60 heavy (non-hydrogen) atoms. The molecule has 0 saturated heterocycles. The molecule has 2 unspecified atom stereocenters. The van der Waals surface area contributed by atoms with E-state index in [-0.39, 0.29) is 5.41 Å². The van der Waals surface area contributed by atoms with Gasteiger partial charge in [-0.3, -0.25) is 0 Å². The van der Waals surface area contributed by atoms with Gasteiger partial charge in [-0.15, -0.1) is 0 Å². The Kier molecular flexibility index (Phi) is 7.67. The van der Waals surface area contributed by atoms with Crippen LogP contribution in [-0.4, -0.2) is 15.0 Å². The highest BCUT2D eigenvalue weighted by Gasteiger charge is 2.35. The molecule has 4 aliphatic rings. The molecule has 12 rings (SSSR count). The molecular formula is C56H39N3O. The van der Waals surface area contributed by atoms with Gasteiger partial charge in [0.05, 0.1) is 0 Å². The molecule has 0 amide bonds. The molecule has 4 nitrogen and oxygen atoms in total. The Labute approximate surface area is 349 Å². The van der Waals surface area contributed by atoms with Crippen molar-refractivity contribution < 1.29 is 4.42 Å². The molecule has 2 aromatic heterocycles. The van der Waals surface area contributed by atoms with Crippen LogP contribution in [0.1, 0.15) is 30.5 Å². The predicted octanol–water partition coefficient (Wildman–Crippen LogP) is 13.9. The Hall–Kier alpha value is -7.43. The molecule has 0 radical (unpaired) electrons. The van der Waals surface area contributed by atoms with Crippen molar-refractivity contribution in [2.24, 2.45) is 11.8 Å². The Bertz CT molecular complexity index is 3280. The van der Waals surface area contributed by atoms with Crippen molar-refractivity contribution in [3.8, 4) is 56.4 Å². The number of fused-ring (bicyclic) bond motifs is 9. The van der Waals surface area contributed by atoms with Crippen LogP contribution in [-0.2, 0) is 5.41 Å². The van der Waals surface area contributed by atoms with Gasteiger partial charge in [-0.25, -0.2) is 15.0 Å². The van der Waals surface area contributed by atoms with Crippen LogP contribution in [0.15, 0.2) is 204 Å². The van der Waals surface area contributed by atoms with Gasteiger partial charge in [0.25, 0.3) is 0 Å². The topological polar surface area (TPSA) is 51.8 Å². The van der Waals surface area contributed by atoms with E-state index in [1.54, 1.807) is 0 Å². The van der Waals surface area contributed by atoms with Crippen molar-refractivity contribution in [1.29, 1.82) is 0 Å². The number of furan rings is 1. The van der Waals surface area contributed by atoms with Gasteiger partial charge in [0.2, 0.25) is 0 Å². The number of rotatable bonds is 5. The van der Waals surface area contributed by atoms with Crippen LogP contribution in [0.3, 0.4) is 0 Å². The highest BCUT2D eigenvalue weighted by Crippen LogP contribution is 2.50. The molecule has 0 aliphatic heterocycles. The van der Waals surface area contributed by atoms with Crippen LogP contribution in [0.2, 0.25) is 0 Å². The van der Waals surface area contributed by atoms with Gasteiger partial charge >= 0.3 is 0 Å². The van der Waals surface area contributed by atoms with E-state index in [4.69, 9.17) is 19.4 Å². The van der Waals surface area contributed by atoms with E-state index in [0.29, 0.717) is 29.3 Å². The van der Waals surface area contributed by atoms with Gasteiger partial charge in [0, 0.05) is 44.7 Å². The third kappa shape index (κ3) is 5.41. The standard InChI is InChI=1S/C56H39N3O/c1-56(2)48-21-11-10-19-44(48)46-33-39(27-29-49(46)56)55-58-53(35-13-4-3-5-14-35)57-54(59-55)36-25-23-34(24-26-36)41-20-12-22-51-52(41)47-32-38(28-30-50(47)60-51)45-31-37-15-6-7-16-40(37)42-17-8-9-18-43(42)45/h3-33,40,42H,1-2H3. The summed E-state index contributed by atoms with van der Waals surface area (Å²) in [5.74, 6) is 2.62. The SMILES string of the molecule is CC1(C)c2ccccc2-c2cc(-c3nc(-c4ccccc4)nc(-c4ccc(-c5cccc6oc7ccc(C8=C9C=CC=CC9C9C=CC=CC9=C8)cc7c56)cc4)n3)ccc21. The number of allylic oxidation sites excluding steroid dienone is 12. The van der Waals surface area contributed by atoms with Crippen molar-refractivity contribution in [1.82, 2.24) is 15.0 Å². The summed E-state index contributed by atoms with van der Waals surface area (Å²) >= 11 is 0. The van der Waals surface area contributed by atoms with Crippen LogP contribution in [0.5, 0.6) is 0 Å². The zero-order chi connectivity index (χ0) is 40.0. The van der Waals surface area contributed by atoms with E-state index in [0.717, 1.165) is 49.8 Å². The summed E-state index contributed by atoms with van der Waals surface area (Å²) in [5.41, 5.74) is 17.1. The fourth-order valence-corrected chi connectivity index (χ4v) is 9.93. The quantitative estimate of drug-likeness (QED) is 0.175. The van der Waals surface area contributed by atoms with Crippen LogP contribution >= 0.6 is 0 Å². The smallest absolute Gasteiger partial charge is 0.164 e. The summed E-state index contributed by atoms with van der Waals surface area (Å²) in [6.07, 6.45) is 20.3. The van der Waals surface area contributed by atoms with E-state index >= 15 is 0 Å².